The number of carboxylic acid groups (broad SMARTS) is 1. The highest BCUT2D eigenvalue weighted by Crippen LogP contribution is 2.20. The van der Waals surface area contributed by atoms with Gasteiger partial charge in [-0.3, -0.25) is 4.79 Å². The van der Waals surface area contributed by atoms with Gasteiger partial charge in [-0.05, 0) is 0 Å². The van der Waals surface area contributed by atoms with Crippen LogP contribution in [0.1, 0.15) is 27.1 Å². The lowest BCUT2D eigenvalue weighted by Crippen LogP contribution is -2.03. The molecule has 0 spiro atoms. The number of nitrogens with zero attached hydrogens (tertiary/aromatic N) is 1. The molecule has 0 fully saturated rings. The maximum absolute atomic E-state index is 10.8. The van der Waals surface area contributed by atoms with E-state index in [-0.39, 0.29) is 21.5 Å². The summed E-state index contributed by atoms with van der Waals surface area (Å²) in [5.41, 5.74) is 4.99. The Kier molecular flexibility index (Phi) is 2.09. The van der Waals surface area contributed by atoms with E-state index >= 15 is 0 Å². The molecule has 0 aromatic carbocycles. The van der Waals surface area contributed by atoms with Crippen molar-refractivity contribution in [3.63, 3.8) is 0 Å². The third-order valence-electron chi connectivity index (χ3n) is 1.17. The topological polar surface area (TPSA) is 93.3 Å². The van der Waals surface area contributed by atoms with Gasteiger partial charge in [-0.2, -0.15) is 0 Å². The number of Topliss-reactive ketones (excluding diaryl/α,β-unsaturated/α-hetero) is 1. The molecular weight excluding hydrogens is 180 g/mol. The molecule has 0 bridgehead atoms. The van der Waals surface area contributed by atoms with Gasteiger partial charge in [0.25, 0.3) is 0 Å². The van der Waals surface area contributed by atoms with Crippen molar-refractivity contribution in [1.29, 1.82) is 0 Å². The Bertz CT molecular complexity index is 313. The first-order valence-corrected chi connectivity index (χ1v) is 3.84. The summed E-state index contributed by atoms with van der Waals surface area (Å²) in [6, 6.07) is 0. The molecule has 5 nitrogen and oxygen atoms in total. The molecule has 0 aliphatic rings. The van der Waals surface area contributed by atoms with Crippen LogP contribution in [0, 0.1) is 0 Å². The van der Waals surface area contributed by atoms with E-state index in [1.54, 1.807) is 0 Å². The number of carbonyl (C=O) groups excluding carboxylic acids is 1. The average Bonchev–Trinajstić information content (AvgIpc) is 2.31. The predicted molar refractivity (Wildman–Crippen MR) is 43.5 cm³/mol. The minimum Gasteiger partial charge on any atom is -0.476 e. The molecule has 1 aromatic heterocycles. The Morgan fingerprint density at radius 2 is 2.17 bits per heavy atom. The van der Waals surface area contributed by atoms with Gasteiger partial charge in [0.2, 0.25) is 0 Å². The molecule has 0 saturated carbocycles. The summed E-state index contributed by atoms with van der Waals surface area (Å²) in [6.07, 6.45) is 0. The molecule has 64 valence electrons. The Labute approximate surface area is 71.8 Å². The molecule has 0 aliphatic carbocycles. The summed E-state index contributed by atoms with van der Waals surface area (Å²) >= 11 is 0.887. The molecule has 12 heavy (non-hydrogen) atoms. The van der Waals surface area contributed by atoms with E-state index in [0.717, 1.165) is 11.3 Å². The number of nitrogens with two attached hydrogens (primary N) is 1. The number of hydrogen-bond donors (Lipinski definition) is 2. The van der Waals surface area contributed by atoms with E-state index in [1.807, 2.05) is 0 Å². The van der Waals surface area contributed by atoms with Gasteiger partial charge in [-0.1, -0.05) is 11.3 Å². The van der Waals surface area contributed by atoms with Gasteiger partial charge < -0.3 is 10.8 Å². The van der Waals surface area contributed by atoms with Crippen molar-refractivity contribution >= 4 is 28.2 Å². The van der Waals surface area contributed by atoms with Crippen LogP contribution in [0.4, 0.5) is 5.13 Å². The van der Waals surface area contributed by atoms with E-state index in [2.05, 4.69) is 4.98 Å². The van der Waals surface area contributed by atoms with Crippen LogP contribution in [0.5, 0.6) is 0 Å². The van der Waals surface area contributed by atoms with Crippen molar-refractivity contribution in [2.24, 2.45) is 0 Å². The second kappa shape index (κ2) is 2.90. The highest BCUT2D eigenvalue weighted by Gasteiger charge is 2.18. The van der Waals surface area contributed by atoms with Gasteiger partial charge in [0.15, 0.2) is 16.6 Å². The van der Waals surface area contributed by atoms with Gasteiger partial charge in [-0.15, -0.1) is 0 Å². The molecule has 1 aromatic rings. The van der Waals surface area contributed by atoms with Crippen molar-refractivity contribution in [1.82, 2.24) is 4.98 Å². The van der Waals surface area contributed by atoms with E-state index in [0.29, 0.717) is 0 Å². The van der Waals surface area contributed by atoms with Crippen LogP contribution >= 0.6 is 11.3 Å². The van der Waals surface area contributed by atoms with Crippen molar-refractivity contribution in [2.45, 2.75) is 6.92 Å². The van der Waals surface area contributed by atoms with Gasteiger partial charge in [0, 0.05) is 6.92 Å². The molecule has 0 radical (unpaired) electrons. The van der Waals surface area contributed by atoms with Crippen LogP contribution in [0.15, 0.2) is 0 Å². The van der Waals surface area contributed by atoms with Gasteiger partial charge in [0.1, 0.15) is 4.88 Å². The Balaban J connectivity index is 3.26. The number of anilines is 1. The lowest BCUT2D eigenvalue weighted by molar-refractivity contribution is 0.0687. The van der Waals surface area contributed by atoms with Crippen molar-refractivity contribution in [3.05, 3.63) is 10.6 Å². The maximum atomic E-state index is 10.8. The van der Waals surface area contributed by atoms with E-state index < -0.39 is 5.97 Å². The molecule has 1 rings (SSSR count). The van der Waals surface area contributed by atoms with Crippen molar-refractivity contribution < 1.29 is 14.7 Å². The number of carbonyl (C=O) groups is 2. The summed E-state index contributed by atoms with van der Waals surface area (Å²) in [4.78, 5) is 24.9. The molecule has 3 N–H and O–H groups in total. The average molecular weight is 186 g/mol. The molecule has 0 unspecified atom stereocenters. The first-order valence-electron chi connectivity index (χ1n) is 3.03. The van der Waals surface area contributed by atoms with Crippen LogP contribution in [-0.2, 0) is 0 Å². The van der Waals surface area contributed by atoms with Crippen LogP contribution in [0.25, 0.3) is 0 Å². The van der Waals surface area contributed by atoms with E-state index in [4.69, 9.17) is 10.8 Å². The second-order valence-corrected chi connectivity index (χ2v) is 3.12. The quantitative estimate of drug-likeness (QED) is 0.660. The maximum Gasteiger partial charge on any atom is 0.356 e. The summed E-state index contributed by atoms with van der Waals surface area (Å²) in [6.45, 7) is 1.28. The van der Waals surface area contributed by atoms with Crippen molar-refractivity contribution in [3.8, 4) is 0 Å². The third-order valence-corrected chi connectivity index (χ3v) is 2.15. The number of nitrogen functional groups attached to an aromatic ring is 1. The minimum atomic E-state index is -1.23. The number of aromatic carboxylic acids is 1. The smallest absolute Gasteiger partial charge is 0.356 e. The van der Waals surface area contributed by atoms with Gasteiger partial charge >= 0.3 is 5.97 Å². The molecule has 0 saturated heterocycles. The second-order valence-electron chi connectivity index (χ2n) is 2.09. The zero-order valence-electron chi connectivity index (χ0n) is 6.20. The normalized spacial score (nSPS) is 9.75. The summed E-state index contributed by atoms with van der Waals surface area (Å²) < 4.78 is 0. The SMILES string of the molecule is CC(=O)c1sc(N)nc1C(=O)O. The summed E-state index contributed by atoms with van der Waals surface area (Å²) in [5, 5.41) is 8.66. The zero-order valence-corrected chi connectivity index (χ0v) is 7.01. The molecule has 0 aliphatic heterocycles. The first kappa shape index (κ1) is 8.66. The van der Waals surface area contributed by atoms with Crippen molar-refractivity contribution in [2.75, 3.05) is 5.73 Å². The molecule has 0 amide bonds. The highest BCUT2D eigenvalue weighted by atomic mass is 32.1. The van der Waals surface area contributed by atoms with Crippen LogP contribution < -0.4 is 5.73 Å². The van der Waals surface area contributed by atoms with Crippen LogP contribution in [0.3, 0.4) is 0 Å². The number of aromatic nitrogens is 1. The van der Waals surface area contributed by atoms with Gasteiger partial charge in [0.05, 0.1) is 0 Å². The molecule has 6 heteroatoms. The minimum absolute atomic E-state index is 0.0950. The Morgan fingerprint density at radius 3 is 2.50 bits per heavy atom. The fraction of sp³-hybridized carbons (Fsp3) is 0.167. The highest BCUT2D eigenvalue weighted by molar-refractivity contribution is 7.17. The van der Waals surface area contributed by atoms with E-state index in [1.165, 1.54) is 6.92 Å². The predicted octanol–water partition coefficient (Wildman–Crippen LogP) is 0.626. The zero-order chi connectivity index (χ0) is 9.30. The number of ketones is 1. The number of hydrogen-bond acceptors (Lipinski definition) is 5. The molecule has 0 atom stereocenters. The fourth-order valence-electron chi connectivity index (χ4n) is 0.720. The number of rotatable bonds is 2. The molecule has 1 heterocycles. The lowest BCUT2D eigenvalue weighted by atomic mass is 10.3. The van der Waals surface area contributed by atoms with E-state index in [9.17, 15) is 9.59 Å². The lowest BCUT2D eigenvalue weighted by Gasteiger charge is -1.88. The largest absolute Gasteiger partial charge is 0.476 e. The standard InChI is InChI=1S/C6H6N2O3S/c1-2(9)4-3(5(10)11)8-6(7)12-4/h1H3,(H2,7,8)(H,10,11). The monoisotopic (exact) mass is 186 g/mol. The summed E-state index contributed by atoms with van der Waals surface area (Å²) in [5.74, 6) is -1.56. The van der Waals surface area contributed by atoms with Gasteiger partial charge in [-0.25, -0.2) is 9.78 Å². The molecular formula is C6H6N2O3S. The fourth-order valence-corrected chi connectivity index (χ4v) is 1.44. The van der Waals surface area contributed by atoms with Crippen LogP contribution in [0.2, 0.25) is 0 Å². The first-order chi connectivity index (χ1) is 5.52. The third kappa shape index (κ3) is 1.42. The number of thiazole rings is 1. The summed E-state index contributed by atoms with van der Waals surface area (Å²) in [7, 11) is 0. The Hall–Kier alpha value is -1.43. The Morgan fingerprint density at radius 1 is 1.58 bits per heavy atom. The van der Waals surface area contributed by atoms with Crippen LogP contribution in [-0.4, -0.2) is 21.8 Å². The number of carboxylic acids is 1.